The number of nitrogens with one attached hydrogen (secondary N) is 2. The third kappa shape index (κ3) is 4.55. The second kappa shape index (κ2) is 8.35. The zero-order valence-corrected chi connectivity index (χ0v) is 14.1. The van der Waals surface area contributed by atoms with Crippen LogP contribution in [0.4, 0.5) is 0 Å². The summed E-state index contributed by atoms with van der Waals surface area (Å²) in [5.41, 5.74) is 5.26. The summed E-state index contributed by atoms with van der Waals surface area (Å²) in [5, 5.41) is 0. The smallest absolute Gasteiger partial charge is 0.274 e. The van der Waals surface area contributed by atoms with E-state index in [9.17, 15) is 9.59 Å². The maximum Gasteiger partial charge on any atom is 0.276 e. The largest absolute Gasteiger partial charge is 0.276 e. The van der Waals surface area contributed by atoms with Crippen molar-refractivity contribution in [2.75, 3.05) is 13.2 Å². The van der Waals surface area contributed by atoms with Gasteiger partial charge < -0.3 is 0 Å². The van der Waals surface area contributed by atoms with Crippen molar-refractivity contribution in [3.05, 3.63) is 32.2 Å². The molecule has 0 saturated heterocycles. The molecule has 6 nitrogen and oxygen atoms in total. The minimum atomic E-state index is -0.406. The van der Waals surface area contributed by atoms with Crippen LogP contribution in [0.2, 0.25) is 0 Å². The van der Waals surface area contributed by atoms with Gasteiger partial charge in [-0.15, -0.1) is 0 Å². The summed E-state index contributed by atoms with van der Waals surface area (Å²) in [6, 6.07) is 3.05. The molecule has 0 aliphatic heterocycles. The molecule has 0 heterocycles. The molecule has 1 rings (SSSR count). The van der Waals surface area contributed by atoms with Gasteiger partial charge in [0.05, 0.1) is 24.3 Å². The van der Waals surface area contributed by atoms with Gasteiger partial charge >= 0.3 is 0 Å². The first-order chi connectivity index (χ1) is 9.51. The Bertz CT molecular complexity index is 463. The third-order valence-electron chi connectivity index (χ3n) is 2.16. The molecule has 2 N–H and O–H groups in total. The second-order valence-corrected chi connectivity index (χ2v) is 5.25. The van der Waals surface area contributed by atoms with Crippen molar-refractivity contribution < 1.29 is 19.3 Å². The number of benzene rings is 1. The Morgan fingerprint density at radius 2 is 1.30 bits per heavy atom. The Balaban J connectivity index is 2.96. The van der Waals surface area contributed by atoms with E-state index in [1.54, 1.807) is 13.8 Å². The lowest BCUT2D eigenvalue weighted by Crippen LogP contribution is -2.26. The van der Waals surface area contributed by atoms with Gasteiger partial charge in [-0.05, 0) is 57.8 Å². The van der Waals surface area contributed by atoms with E-state index in [0.717, 1.165) is 0 Å². The van der Waals surface area contributed by atoms with Crippen molar-refractivity contribution in [3.63, 3.8) is 0 Å². The van der Waals surface area contributed by atoms with E-state index in [2.05, 4.69) is 42.8 Å². The minimum absolute atomic E-state index is 0.346. The Morgan fingerprint density at radius 1 is 0.950 bits per heavy atom. The SMILES string of the molecule is CCONC(=O)c1cc(Br)c(C(=O)NOCC)cc1Br. The molecule has 20 heavy (non-hydrogen) atoms. The molecule has 0 aliphatic rings. The van der Waals surface area contributed by atoms with E-state index in [0.29, 0.717) is 33.3 Å². The molecular formula is C12H14Br2N2O4. The van der Waals surface area contributed by atoms with Crippen LogP contribution < -0.4 is 11.0 Å². The number of hydrogen-bond donors (Lipinski definition) is 2. The first-order valence-electron chi connectivity index (χ1n) is 5.84. The highest BCUT2D eigenvalue weighted by Crippen LogP contribution is 2.26. The predicted molar refractivity (Wildman–Crippen MR) is 80.0 cm³/mol. The van der Waals surface area contributed by atoms with Gasteiger partial charge in [-0.1, -0.05) is 0 Å². The van der Waals surface area contributed by atoms with Crippen molar-refractivity contribution in [1.29, 1.82) is 0 Å². The lowest BCUT2D eigenvalue weighted by molar-refractivity contribution is 0.0357. The molecule has 0 aromatic heterocycles. The second-order valence-electron chi connectivity index (χ2n) is 3.54. The average Bonchev–Trinajstić information content (AvgIpc) is 2.44. The Labute approximate surface area is 133 Å². The van der Waals surface area contributed by atoms with Crippen molar-refractivity contribution in [3.8, 4) is 0 Å². The van der Waals surface area contributed by atoms with Crippen LogP contribution >= 0.6 is 31.9 Å². The Hall–Kier alpha value is -0.960. The molecule has 0 radical (unpaired) electrons. The fourth-order valence-corrected chi connectivity index (χ4v) is 2.33. The number of rotatable bonds is 6. The molecule has 0 aliphatic carbocycles. The number of carbonyl (C=O) groups is 2. The standard InChI is InChI=1S/C12H14Br2N2O4/c1-3-19-15-11(17)7-5-10(14)8(6-9(7)13)12(18)16-20-4-2/h5-6H,3-4H2,1-2H3,(H,15,17)(H,16,18). The van der Waals surface area contributed by atoms with E-state index < -0.39 is 11.8 Å². The Kier molecular flexibility index (Phi) is 7.14. The third-order valence-corrected chi connectivity index (χ3v) is 3.48. The highest BCUT2D eigenvalue weighted by molar-refractivity contribution is 9.11. The number of halogens is 2. The maximum atomic E-state index is 11.8. The van der Waals surface area contributed by atoms with Gasteiger partial charge in [0.25, 0.3) is 11.8 Å². The van der Waals surface area contributed by atoms with Gasteiger partial charge in [0.2, 0.25) is 0 Å². The average molecular weight is 410 g/mol. The molecule has 0 saturated carbocycles. The van der Waals surface area contributed by atoms with Crippen LogP contribution in [0.5, 0.6) is 0 Å². The molecule has 110 valence electrons. The minimum Gasteiger partial charge on any atom is -0.274 e. The molecule has 0 fully saturated rings. The lowest BCUT2D eigenvalue weighted by Gasteiger charge is -2.10. The van der Waals surface area contributed by atoms with Crippen LogP contribution in [0, 0.1) is 0 Å². The van der Waals surface area contributed by atoms with E-state index in [1.165, 1.54) is 12.1 Å². The molecule has 1 aromatic rings. The molecule has 8 heteroatoms. The molecule has 0 bridgehead atoms. The molecule has 0 spiro atoms. The van der Waals surface area contributed by atoms with Crippen molar-refractivity contribution >= 4 is 43.7 Å². The first kappa shape index (κ1) is 17.1. The van der Waals surface area contributed by atoms with Crippen LogP contribution in [-0.4, -0.2) is 25.0 Å². The van der Waals surface area contributed by atoms with Gasteiger partial charge in [0, 0.05) is 8.95 Å². The van der Waals surface area contributed by atoms with Crippen LogP contribution in [0.25, 0.3) is 0 Å². The summed E-state index contributed by atoms with van der Waals surface area (Å²) in [7, 11) is 0. The van der Waals surface area contributed by atoms with Crippen LogP contribution in [0.3, 0.4) is 0 Å². The van der Waals surface area contributed by atoms with E-state index in [4.69, 9.17) is 9.68 Å². The topological polar surface area (TPSA) is 76.7 Å². The summed E-state index contributed by atoms with van der Waals surface area (Å²) >= 11 is 6.50. The fraction of sp³-hybridized carbons (Fsp3) is 0.333. The van der Waals surface area contributed by atoms with Gasteiger partial charge in [-0.2, -0.15) is 0 Å². The van der Waals surface area contributed by atoms with Crippen molar-refractivity contribution in [2.24, 2.45) is 0 Å². The Morgan fingerprint density at radius 3 is 1.60 bits per heavy atom. The molecular weight excluding hydrogens is 396 g/mol. The normalized spacial score (nSPS) is 10.2. The van der Waals surface area contributed by atoms with Crippen molar-refractivity contribution in [1.82, 2.24) is 11.0 Å². The number of carbonyl (C=O) groups excluding carboxylic acids is 2. The zero-order valence-electron chi connectivity index (χ0n) is 11.0. The van der Waals surface area contributed by atoms with Gasteiger partial charge in [0.15, 0.2) is 0 Å². The highest BCUT2D eigenvalue weighted by Gasteiger charge is 2.17. The quantitative estimate of drug-likeness (QED) is 0.708. The zero-order chi connectivity index (χ0) is 15.1. The van der Waals surface area contributed by atoms with Crippen LogP contribution in [-0.2, 0) is 9.68 Å². The van der Waals surface area contributed by atoms with Crippen LogP contribution in [0.1, 0.15) is 34.6 Å². The lowest BCUT2D eigenvalue weighted by atomic mass is 10.1. The molecule has 2 amide bonds. The summed E-state index contributed by atoms with van der Waals surface area (Å²) in [4.78, 5) is 33.3. The first-order valence-corrected chi connectivity index (χ1v) is 7.43. The fourth-order valence-electron chi connectivity index (χ4n) is 1.28. The predicted octanol–water partition coefficient (Wildman–Crippen LogP) is 2.57. The van der Waals surface area contributed by atoms with Crippen LogP contribution in [0.15, 0.2) is 21.1 Å². The van der Waals surface area contributed by atoms with Gasteiger partial charge in [0.1, 0.15) is 0 Å². The number of amides is 2. The maximum absolute atomic E-state index is 11.8. The van der Waals surface area contributed by atoms with Crippen molar-refractivity contribution in [2.45, 2.75) is 13.8 Å². The summed E-state index contributed by atoms with van der Waals surface area (Å²) < 4.78 is 0.944. The summed E-state index contributed by atoms with van der Waals surface area (Å²) in [6.45, 7) is 4.23. The molecule has 1 aromatic carbocycles. The highest BCUT2D eigenvalue weighted by atomic mass is 79.9. The molecule has 0 atom stereocenters. The molecule has 0 unspecified atom stereocenters. The van der Waals surface area contributed by atoms with Gasteiger partial charge in [-0.25, -0.2) is 11.0 Å². The van der Waals surface area contributed by atoms with E-state index >= 15 is 0 Å². The number of hydrogen-bond acceptors (Lipinski definition) is 4. The van der Waals surface area contributed by atoms with E-state index in [-0.39, 0.29) is 0 Å². The number of hydroxylamine groups is 2. The monoisotopic (exact) mass is 408 g/mol. The van der Waals surface area contributed by atoms with E-state index in [1.807, 2.05) is 0 Å². The summed E-state index contributed by atoms with van der Waals surface area (Å²) in [6.07, 6.45) is 0. The van der Waals surface area contributed by atoms with Gasteiger partial charge in [-0.3, -0.25) is 19.3 Å². The summed E-state index contributed by atoms with van der Waals surface area (Å²) in [5.74, 6) is -0.813.